The molecule has 0 saturated carbocycles. The largest absolute Gasteiger partial charge is 0.461 e. The smallest absolute Gasteiger partial charge is 0.271 e. The lowest BCUT2D eigenvalue weighted by Gasteiger charge is -1.93. The minimum absolute atomic E-state index is 0.00572. The molecule has 2 rings (SSSR count). The molecule has 0 bridgehead atoms. The fourth-order valence-corrected chi connectivity index (χ4v) is 1.35. The summed E-state index contributed by atoms with van der Waals surface area (Å²) in [6.07, 6.45) is 1.33. The Bertz CT molecular complexity index is 510. The molecule has 0 spiro atoms. The van der Waals surface area contributed by atoms with Crippen LogP contribution >= 0.6 is 11.6 Å². The zero-order valence-electron chi connectivity index (χ0n) is 8.10. The number of halogens is 1. The van der Waals surface area contributed by atoms with Crippen LogP contribution in [0.15, 0.2) is 39.4 Å². The molecule has 0 aromatic carbocycles. The summed E-state index contributed by atoms with van der Waals surface area (Å²) in [6, 6.07) is 5.93. The Balaban J connectivity index is 2.22. The van der Waals surface area contributed by atoms with E-state index in [9.17, 15) is 9.59 Å². The number of hydrogen-bond donors (Lipinski definition) is 0. The fourth-order valence-electron chi connectivity index (χ4n) is 1.20. The first-order valence-electron chi connectivity index (χ1n) is 4.49. The van der Waals surface area contributed by atoms with Crippen molar-refractivity contribution in [3.05, 3.63) is 47.8 Å². The zero-order valence-corrected chi connectivity index (χ0v) is 8.86. The lowest BCUT2D eigenvalue weighted by atomic mass is 10.2. The highest BCUT2D eigenvalue weighted by Gasteiger charge is 2.23. The SMILES string of the molecule is O=C(C(=O)c1ccc(CCl)o1)c1ccco1. The van der Waals surface area contributed by atoms with Crippen molar-refractivity contribution in [3.8, 4) is 0 Å². The molecule has 5 heteroatoms. The molecule has 0 N–H and O–H groups in total. The average molecular weight is 239 g/mol. The van der Waals surface area contributed by atoms with Crippen molar-refractivity contribution in [2.45, 2.75) is 5.88 Å². The van der Waals surface area contributed by atoms with Crippen LogP contribution in [-0.4, -0.2) is 11.6 Å². The van der Waals surface area contributed by atoms with Crippen LogP contribution in [0.3, 0.4) is 0 Å². The summed E-state index contributed by atoms with van der Waals surface area (Å²) in [5.41, 5.74) is 0. The van der Waals surface area contributed by atoms with Crippen LogP contribution in [0.25, 0.3) is 0 Å². The molecule has 2 aromatic rings. The van der Waals surface area contributed by atoms with E-state index >= 15 is 0 Å². The minimum atomic E-state index is -0.744. The quantitative estimate of drug-likeness (QED) is 0.467. The van der Waals surface area contributed by atoms with E-state index in [0.717, 1.165) is 0 Å². The Hall–Kier alpha value is -1.81. The van der Waals surface area contributed by atoms with Gasteiger partial charge in [0.25, 0.3) is 11.6 Å². The molecule has 0 amide bonds. The van der Waals surface area contributed by atoms with Crippen molar-refractivity contribution in [1.82, 2.24) is 0 Å². The highest BCUT2D eigenvalue weighted by molar-refractivity contribution is 6.47. The van der Waals surface area contributed by atoms with E-state index in [0.29, 0.717) is 5.76 Å². The second-order valence-electron chi connectivity index (χ2n) is 3.04. The number of carbonyl (C=O) groups excluding carboxylic acids is 2. The predicted octanol–water partition coefficient (Wildman–Crippen LogP) is 2.68. The first kappa shape index (κ1) is 10.7. The van der Waals surface area contributed by atoms with Crippen LogP contribution < -0.4 is 0 Å². The molecule has 0 fully saturated rings. The molecule has 2 aromatic heterocycles. The summed E-state index contributed by atoms with van der Waals surface area (Å²) in [6.45, 7) is 0. The van der Waals surface area contributed by atoms with E-state index in [2.05, 4.69) is 0 Å². The Labute approximate surface area is 95.8 Å². The maximum absolute atomic E-state index is 11.6. The molecule has 0 atom stereocenters. The molecule has 0 unspecified atom stereocenters. The molecule has 0 saturated heterocycles. The van der Waals surface area contributed by atoms with Gasteiger partial charge in [-0.1, -0.05) is 0 Å². The second kappa shape index (κ2) is 4.37. The third-order valence-corrected chi connectivity index (χ3v) is 2.23. The topological polar surface area (TPSA) is 60.4 Å². The summed E-state index contributed by atoms with van der Waals surface area (Å²) < 4.78 is 9.90. The van der Waals surface area contributed by atoms with Crippen molar-refractivity contribution < 1.29 is 18.4 Å². The monoisotopic (exact) mass is 238 g/mol. The first-order chi connectivity index (χ1) is 7.72. The van der Waals surface area contributed by atoms with Crippen molar-refractivity contribution in [1.29, 1.82) is 0 Å². The number of furan rings is 2. The summed E-state index contributed by atoms with van der Waals surface area (Å²) in [5.74, 6) is -0.919. The highest BCUT2D eigenvalue weighted by Crippen LogP contribution is 2.13. The van der Waals surface area contributed by atoms with Crippen LogP contribution in [0, 0.1) is 0 Å². The molecular weight excluding hydrogens is 232 g/mol. The van der Waals surface area contributed by atoms with Crippen LogP contribution in [0.1, 0.15) is 26.9 Å². The molecule has 0 aliphatic carbocycles. The molecular formula is C11H7ClO4. The number of Topliss-reactive ketones (excluding diaryl/α,β-unsaturated/α-hetero) is 2. The van der Waals surface area contributed by atoms with Crippen molar-refractivity contribution >= 4 is 23.2 Å². The van der Waals surface area contributed by atoms with E-state index in [4.69, 9.17) is 20.4 Å². The fraction of sp³-hybridized carbons (Fsp3) is 0.0909. The Morgan fingerprint density at radius 3 is 2.44 bits per heavy atom. The normalized spacial score (nSPS) is 10.3. The molecule has 0 aliphatic rings. The van der Waals surface area contributed by atoms with Gasteiger partial charge in [0.2, 0.25) is 0 Å². The number of hydrogen-bond acceptors (Lipinski definition) is 4. The van der Waals surface area contributed by atoms with E-state index in [1.807, 2.05) is 0 Å². The van der Waals surface area contributed by atoms with Gasteiger partial charge in [0.1, 0.15) is 5.76 Å². The van der Waals surface area contributed by atoms with Gasteiger partial charge in [0.15, 0.2) is 11.5 Å². The molecule has 82 valence electrons. The van der Waals surface area contributed by atoms with Crippen LogP contribution in [0.4, 0.5) is 0 Å². The lowest BCUT2D eigenvalue weighted by Crippen LogP contribution is -2.12. The van der Waals surface area contributed by atoms with Crippen molar-refractivity contribution in [2.24, 2.45) is 0 Å². The van der Waals surface area contributed by atoms with Gasteiger partial charge in [-0.05, 0) is 24.3 Å². The van der Waals surface area contributed by atoms with Crippen molar-refractivity contribution in [3.63, 3.8) is 0 Å². The van der Waals surface area contributed by atoms with Gasteiger partial charge in [-0.2, -0.15) is 0 Å². The first-order valence-corrected chi connectivity index (χ1v) is 5.03. The second-order valence-corrected chi connectivity index (χ2v) is 3.30. The third-order valence-electron chi connectivity index (χ3n) is 1.97. The van der Waals surface area contributed by atoms with E-state index < -0.39 is 11.6 Å². The third kappa shape index (κ3) is 1.92. The Morgan fingerprint density at radius 2 is 1.88 bits per heavy atom. The van der Waals surface area contributed by atoms with Gasteiger partial charge in [0, 0.05) is 0 Å². The standard InChI is InChI=1S/C11H7ClO4/c12-6-7-3-4-9(16-7)11(14)10(13)8-2-1-5-15-8/h1-5H,6H2. The molecule has 0 radical (unpaired) electrons. The summed E-state index contributed by atoms with van der Waals surface area (Å²) >= 11 is 5.52. The maximum Gasteiger partial charge on any atom is 0.271 e. The van der Waals surface area contributed by atoms with Gasteiger partial charge in [-0.3, -0.25) is 9.59 Å². The highest BCUT2D eigenvalue weighted by atomic mass is 35.5. The van der Waals surface area contributed by atoms with Gasteiger partial charge in [0.05, 0.1) is 12.1 Å². The number of carbonyl (C=O) groups is 2. The van der Waals surface area contributed by atoms with E-state index in [-0.39, 0.29) is 17.4 Å². The van der Waals surface area contributed by atoms with E-state index in [1.165, 1.54) is 24.5 Å². The van der Waals surface area contributed by atoms with Crippen molar-refractivity contribution in [2.75, 3.05) is 0 Å². The Kier molecular flexibility index (Phi) is 2.92. The molecule has 4 nitrogen and oxygen atoms in total. The van der Waals surface area contributed by atoms with E-state index in [1.54, 1.807) is 6.07 Å². The van der Waals surface area contributed by atoms with Crippen LogP contribution in [0.2, 0.25) is 0 Å². The number of rotatable bonds is 4. The summed E-state index contributed by atoms with van der Waals surface area (Å²) in [4.78, 5) is 23.2. The van der Waals surface area contributed by atoms with Gasteiger partial charge in [-0.15, -0.1) is 11.6 Å². The molecule has 16 heavy (non-hydrogen) atoms. The van der Waals surface area contributed by atoms with Gasteiger partial charge < -0.3 is 8.83 Å². The predicted molar refractivity (Wildman–Crippen MR) is 55.6 cm³/mol. The zero-order chi connectivity index (χ0) is 11.5. The molecule has 0 aliphatic heterocycles. The van der Waals surface area contributed by atoms with Crippen LogP contribution in [-0.2, 0) is 5.88 Å². The summed E-state index contributed by atoms with van der Waals surface area (Å²) in [5, 5.41) is 0. The Morgan fingerprint density at radius 1 is 1.12 bits per heavy atom. The molecule has 2 heterocycles. The maximum atomic E-state index is 11.6. The van der Waals surface area contributed by atoms with Gasteiger partial charge >= 0.3 is 0 Å². The lowest BCUT2D eigenvalue weighted by molar-refractivity contribution is 0.0784. The minimum Gasteiger partial charge on any atom is -0.461 e. The van der Waals surface area contributed by atoms with Gasteiger partial charge in [-0.25, -0.2) is 0 Å². The average Bonchev–Trinajstić information content (AvgIpc) is 2.97. The van der Waals surface area contributed by atoms with Crippen LogP contribution in [0.5, 0.6) is 0 Å². The number of alkyl halides is 1. The number of ketones is 2. The summed E-state index contributed by atoms with van der Waals surface area (Å²) in [7, 11) is 0.